The molecule has 36 heavy (non-hydrogen) atoms. The van der Waals surface area contributed by atoms with E-state index in [0.29, 0.717) is 29.2 Å². The van der Waals surface area contributed by atoms with Crippen LogP contribution in [0.2, 0.25) is 5.02 Å². The standard InChI is InChI=1S/C27H30ClIN2O5/c1-17(25(33)36-27(2,3)4)35-26(34)22(30-23-16-19(28)11-12-21(23)29)13-10-18-14-15-31(24(18)32)20-8-6-5-7-9-20/h5-12,16-17,22,30H,13-15H2,1-4H3/b18-10+/t17-,22?/m1/s1. The largest absolute Gasteiger partial charge is 0.457 e. The number of amides is 1. The van der Waals surface area contributed by atoms with Gasteiger partial charge in [0.15, 0.2) is 6.10 Å². The van der Waals surface area contributed by atoms with Crippen LogP contribution in [0.15, 0.2) is 60.2 Å². The molecule has 0 bridgehead atoms. The summed E-state index contributed by atoms with van der Waals surface area (Å²) in [7, 11) is 0. The van der Waals surface area contributed by atoms with Crippen molar-refractivity contribution >= 4 is 63.4 Å². The Morgan fingerprint density at radius 2 is 1.86 bits per heavy atom. The number of benzene rings is 2. The normalized spacial score (nSPS) is 16.6. The van der Waals surface area contributed by atoms with Gasteiger partial charge in [-0.15, -0.1) is 0 Å². The Bertz CT molecular complexity index is 1150. The molecule has 1 fully saturated rings. The molecule has 1 aliphatic rings. The molecule has 2 aromatic carbocycles. The first-order valence-electron chi connectivity index (χ1n) is 11.7. The van der Waals surface area contributed by atoms with Gasteiger partial charge >= 0.3 is 11.9 Å². The van der Waals surface area contributed by atoms with E-state index < -0.39 is 29.7 Å². The van der Waals surface area contributed by atoms with Gasteiger partial charge in [0.05, 0.1) is 0 Å². The van der Waals surface area contributed by atoms with Crippen molar-refractivity contribution in [1.82, 2.24) is 0 Å². The first kappa shape index (κ1) is 28.0. The van der Waals surface area contributed by atoms with Crippen molar-refractivity contribution in [2.24, 2.45) is 0 Å². The average Bonchev–Trinajstić information content (AvgIpc) is 3.18. The Hall–Kier alpha value is -2.59. The molecule has 0 spiro atoms. The summed E-state index contributed by atoms with van der Waals surface area (Å²) in [6.45, 7) is 7.28. The van der Waals surface area contributed by atoms with Crippen LogP contribution in [0.1, 0.15) is 40.5 Å². The maximum absolute atomic E-state index is 13.1. The molecule has 0 saturated carbocycles. The number of esters is 2. The SMILES string of the molecule is C[C@@H](OC(=O)C(C/C=C1\CCN(c2ccccc2)C1=O)Nc1cc(Cl)ccc1I)C(=O)OC(C)(C)C. The van der Waals surface area contributed by atoms with Gasteiger partial charge in [0.2, 0.25) is 0 Å². The molecule has 0 aliphatic carbocycles. The molecule has 192 valence electrons. The fraction of sp³-hybridized carbons (Fsp3) is 0.370. The zero-order valence-corrected chi connectivity index (χ0v) is 23.6. The summed E-state index contributed by atoms with van der Waals surface area (Å²) >= 11 is 8.30. The maximum atomic E-state index is 13.1. The lowest BCUT2D eigenvalue weighted by atomic mass is 10.1. The minimum absolute atomic E-state index is 0.0900. The lowest BCUT2D eigenvalue weighted by molar-refractivity contribution is -0.174. The second-order valence-electron chi connectivity index (χ2n) is 9.44. The summed E-state index contributed by atoms with van der Waals surface area (Å²) in [6.07, 6.45) is 1.43. The van der Waals surface area contributed by atoms with Crippen LogP contribution in [-0.4, -0.2) is 42.1 Å². The topological polar surface area (TPSA) is 84.9 Å². The van der Waals surface area contributed by atoms with Gasteiger partial charge in [-0.1, -0.05) is 35.9 Å². The third-order valence-electron chi connectivity index (χ3n) is 5.37. The zero-order valence-electron chi connectivity index (χ0n) is 20.7. The molecule has 2 atom stereocenters. The van der Waals surface area contributed by atoms with Gasteiger partial charge in [0.25, 0.3) is 5.91 Å². The van der Waals surface area contributed by atoms with Gasteiger partial charge < -0.3 is 19.7 Å². The summed E-state index contributed by atoms with van der Waals surface area (Å²) in [5.41, 5.74) is 1.40. The molecule has 1 heterocycles. The van der Waals surface area contributed by atoms with E-state index in [9.17, 15) is 14.4 Å². The van der Waals surface area contributed by atoms with Crippen LogP contribution >= 0.6 is 34.2 Å². The molecule has 0 aromatic heterocycles. The van der Waals surface area contributed by atoms with Gasteiger partial charge in [-0.3, -0.25) is 4.79 Å². The van der Waals surface area contributed by atoms with Gasteiger partial charge in [-0.2, -0.15) is 0 Å². The zero-order chi connectivity index (χ0) is 26.5. The first-order valence-corrected chi connectivity index (χ1v) is 13.1. The van der Waals surface area contributed by atoms with Gasteiger partial charge in [-0.05, 0) is 93.5 Å². The number of hydrogen-bond acceptors (Lipinski definition) is 6. The minimum Gasteiger partial charge on any atom is -0.457 e. The number of ether oxygens (including phenoxy) is 2. The summed E-state index contributed by atoms with van der Waals surface area (Å²) in [5, 5.41) is 3.68. The van der Waals surface area contributed by atoms with E-state index >= 15 is 0 Å². The average molecular weight is 625 g/mol. The van der Waals surface area contributed by atoms with Crippen molar-refractivity contribution in [3.05, 3.63) is 68.8 Å². The molecule has 9 heteroatoms. The second-order valence-corrected chi connectivity index (χ2v) is 11.0. The van der Waals surface area contributed by atoms with Crippen LogP contribution in [0, 0.1) is 3.57 Å². The number of rotatable bonds is 8. The van der Waals surface area contributed by atoms with Crippen molar-refractivity contribution < 1.29 is 23.9 Å². The first-order chi connectivity index (χ1) is 16.9. The Morgan fingerprint density at radius 3 is 2.53 bits per heavy atom. The monoisotopic (exact) mass is 624 g/mol. The number of hydrogen-bond donors (Lipinski definition) is 1. The summed E-state index contributed by atoms with van der Waals surface area (Å²) < 4.78 is 11.6. The van der Waals surface area contributed by atoms with Crippen LogP contribution in [0.5, 0.6) is 0 Å². The number of nitrogens with zero attached hydrogens (tertiary/aromatic N) is 1. The smallest absolute Gasteiger partial charge is 0.347 e. The molecule has 7 nitrogen and oxygen atoms in total. The van der Waals surface area contributed by atoms with E-state index in [4.69, 9.17) is 21.1 Å². The highest BCUT2D eigenvalue weighted by atomic mass is 127. The fourth-order valence-electron chi connectivity index (χ4n) is 3.62. The van der Waals surface area contributed by atoms with Crippen LogP contribution < -0.4 is 10.2 Å². The maximum Gasteiger partial charge on any atom is 0.347 e. The molecule has 1 aliphatic heterocycles. The third-order valence-corrected chi connectivity index (χ3v) is 6.54. The van der Waals surface area contributed by atoms with Crippen LogP contribution in [-0.2, 0) is 23.9 Å². The lowest BCUT2D eigenvalue weighted by Crippen LogP contribution is -2.38. The summed E-state index contributed by atoms with van der Waals surface area (Å²) in [5.74, 6) is -1.35. The number of carbonyl (C=O) groups excluding carboxylic acids is 3. The lowest BCUT2D eigenvalue weighted by Gasteiger charge is -2.24. The second kappa shape index (κ2) is 12.1. The van der Waals surface area contributed by atoms with E-state index in [1.165, 1.54) is 6.92 Å². The van der Waals surface area contributed by atoms with E-state index in [0.717, 1.165) is 9.26 Å². The number of halogens is 2. The predicted molar refractivity (Wildman–Crippen MR) is 149 cm³/mol. The van der Waals surface area contributed by atoms with E-state index in [-0.39, 0.29) is 12.3 Å². The summed E-state index contributed by atoms with van der Waals surface area (Å²) in [4.78, 5) is 40.2. The van der Waals surface area contributed by atoms with Gasteiger partial charge in [-0.25, -0.2) is 9.59 Å². The van der Waals surface area contributed by atoms with Crippen LogP contribution in [0.3, 0.4) is 0 Å². The molecule has 0 radical (unpaired) electrons. The Kier molecular flexibility index (Phi) is 9.41. The molecule has 3 rings (SSSR count). The van der Waals surface area contributed by atoms with Crippen LogP contribution in [0.4, 0.5) is 11.4 Å². The number of carbonyl (C=O) groups is 3. The Morgan fingerprint density at radius 1 is 1.17 bits per heavy atom. The Labute approximate surface area is 230 Å². The highest BCUT2D eigenvalue weighted by Gasteiger charge is 2.30. The molecule has 1 saturated heterocycles. The molecule has 2 aromatic rings. The van der Waals surface area contributed by atoms with Gasteiger partial charge in [0.1, 0.15) is 11.6 Å². The van der Waals surface area contributed by atoms with E-state index in [1.807, 2.05) is 36.4 Å². The summed E-state index contributed by atoms with van der Waals surface area (Å²) in [6, 6.07) is 13.9. The molecule has 1 N–H and O–H groups in total. The quantitative estimate of drug-likeness (QED) is 0.229. The molecular weight excluding hydrogens is 595 g/mol. The van der Waals surface area contributed by atoms with Crippen molar-refractivity contribution in [2.45, 2.75) is 58.3 Å². The van der Waals surface area contributed by atoms with E-state index in [1.54, 1.807) is 43.9 Å². The highest BCUT2D eigenvalue weighted by Crippen LogP contribution is 2.27. The molecule has 1 unspecified atom stereocenters. The highest BCUT2D eigenvalue weighted by molar-refractivity contribution is 14.1. The number of para-hydroxylation sites is 1. The predicted octanol–water partition coefficient (Wildman–Crippen LogP) is 5.75. The van der Waals surface area contributed by atoms with Gasteiger partial charge in [0, 0.05) is 32.1 Å². The van der Waals surface area contributed by atoms with Crippen molar-refractivity contribution in [2.75, 3.05) is 16.8 Å². The third kappa shape index (κ3) is 7.70. The fourth-order valence-corrected chi connectivity index (χ4v) is 4.28. The van der Waals surface area contributed by atoms with Crippen molar-refractivity contribution in [3.63, 3.8) is 0 Å². The van der Waals surface area contributed by atoms with E-state index in [2.05, 4.69) is 27.9 Å². The number of anilines is 2. The molecule has 1 amide bonds. The van der Waals surface area contributed by atoms with Crippen molar-refractivity contribution in [1.29, 1.82) is 0 Å². The Balaban J connectivity index is 1.77. The molecular formula is C27H30ClIN2O5. The van der Waals surface area contributed by atoms with Crippen molar-refractivity contribution in [3.8, 4) is 0 Å². The van der Waals surface area contributed by atoms with Crippen LogP contribution in [0.25, 0.3) is 0 Å². The number of nitrogens with one attached hydrogen (secondary N) is 1. The minimum atomic E-state index is -1.09.